The van der Waals surface area contributed by atoms with Crippen molar-refractivity contribution in [2.24, 2.45) is 10.8 Å². The van der Waals surface area contributed by atoms with Crippen LogP contribution in [-0.4, -0.2) is 16.0 Å². The lowest BCUT2D eigenvalue weighted by atomic mass is 10.0. The van der Waals surface area contributed by atoms with Crippen molar-refractivity contribution in [3.63, 3.8) is 0 Å². The molecule has 88 valence electrons. The Bertz CT molecular complexity index is 407. The van der Waals surface area contributed by atoms with Crippen LogP contribution in [0.4, 0.5) is 5.82 Å². The highest BCUT2D eigenvalue weighted by atomic mass is 15.1. The fourth-order valence-corrected chi connectivity index (χ4v) is 2.32. The molecule has 0 amide bonds. The minimum Gasteiger partial charge on any atom is -0.365 e. The first-order valence-corrected chi connectivity index (χ1v) is 5.83. The van der Waals surface area contributed by atoms with E-state index in [1.807, 2.05) is 20.0 Å². The number of hydrogen-bond donors (Lipinski definition) is 1. The van der Waals surface area contributed by atoms with Gasteiger partial charge in [0.15, 0.2) is 0 Å². The Kier molecular flexibility index (Phi) is 2.26. The SMILES string of the molecule is Cc1ncc(NC2C(C)(C)C2(C)C)nc1C. The van der Waals surface area contributed by atoms with Crippen LogP contribution >= 0.6 is 0 Å². The molecular formula is C13H21N3. The number of nitrogens with zero attached hydrogens (tertiary/aromatic N) is 2. The first kappa shape index (κ1) is 11.4. The van der Waals surface area contributed by atoms with Gasteiger partial charge in [-0.2, -0.15) is 0 Å². The molecule has 3 nitrogen and oxygen atoms in total. The summed E-state index contributed by atoms with van der Waals surface area (Å²) < 4.78 is 0. The number of hydrogen-bond acceptors (Lipinski definition) is 3. The summed E-state index contributed by atoms with van der Waals surface area (Å²) in [6, 6.07) is 0.483. The molecule has 1 aliphatic carbocycles. The van der Waals surface area contributed by atoms with Gasteiger partial charge < -0.3 is 5.32 Å². The van der Waals surface area contributed by atoms with Gasteiger partial charge in [0.05, 0.1) is 17.6 Å². The van der Waals surface area contributed by atoms with Gasteiger partial charge in [-0.05, 0) is 24.7 Å². The standard InChI is InChI=1S/C13H21N3/c1-8-9(2)15-10(7-14-8)16-11-12(3,4)13(11,5)6/h7,11H,1-6H3,(H,15,16). The highest BCUT2D eigenvalue weighted by Crippen LogP contribution is 2.63. The van der Waals surface area contributed by atoms with Crippen LogP contribution in [0.5, 0.6) is 0 Å². The third kappa shape index (κ3) is 1.49. The lowest BCUT2D eigenvalue weighted by molar-refractivity contribution is 0.457. The zero-order valence-corrected chi connectivity index (χ0v) is 11.0. The van der Waals surface area contributed by atoms with Crippen molar-refractivity contribution in [3.8, 4) is 0 Å². The maximum absolute atomic E-state index is 4.51. The lowest BCUT2D eigenvalue weighted by Gasteiger charge is -2.08. The number of aromatic nitrogens is 2. The molecule has 2 rings (SSSR count). The van der Waals surface area contributed by atoms with Crippen molar-refractivity contribution in [1.82, 2.24) is 9.97 Å². The Morgan fingerprint density at radius 1 is 1.06 bits per heavy atom. The minimum absolute atomic E-state index is 0.327. The van der Waals surface area contributed by atoms with Gasteiger partial charge >= 0.3 is 0 Å². The van der Waals surface area contributed by atoms with Crippen molar-refractivity contribution in [1.29, 1.82) is 0 Å². The Balaban J connectivity index is 2.15. The molecule has 1 aromatic rings. The molecule has 1 fully saturated rings. The van der Waals surface area contributed by atoms with Gasteiger partial charge in [0, 0.05) is 6.04 Å². The summed E-state index contributed by atoms with van der Waals surface area (Å²) in [6.45, 7) is 13.1. The second kappa shape index (κ2) is 3.19. The number of anilines is 1. The molecule has 16 heavy (non-hydrogen) atoms. The Morgan fingerprint density at radius 3 is 2.06 bits per heavy atom. The summed E-state index contributed by atoms with van der Waals surface area (Å²) in [5.74, 6) is 0.895. The largest absolute Gasteiger partial charge is 0.365 e. The van der Waals surface area contributed by atoms with Crippen molar-refractivity contribution >= 4 is 5.82 Å². The van der Waals surface area contributed by atoms with Gasteiger partial charge in [-0.15, -0.1) is 0 Å². The molecule has 0 radical (unpaired) electrons. The van der Waals surface area contributed by atoms with Crippen molar-refractivity contribution in [2.75, 3.05) is 5.32 Å². The van der Waals surface area contributed by atoms with E-state index in [2.05, 4.69) is 43.0 Å². The Labute approximate surface area is 97.7 Å². The predicted octanol–water partition coefficient (Wildman–Crippen LogP) is 2.94. The van der Waals surface area contributed by atoms with Crippen LogP contribution in [0.3, 0.4) is 0 Å². The van der Waals surface area contributed by atoms with E-state index in [-0.39, 0.29) is 0 Å². The quantitative estimate of drug-likeness (QED) is 0.831. The molecule has 0 spiro atoms. The van der Waals surface area contributed by atoms with E-state index < -0.39 is 0 Å². The van der Waals surface area contributed by atoms with E-state index >= 15 is 0 Å². The van der Waals surface area contributed by atoms with Crippen molar-refractivity contribution in [3.05, 3.63) is 17.6 Å². The highest BCUT2D eigenvalue weighted by molar-refractivity contribution is 5.41. The summed E-state index contributed by atoms with van der Waals surface area (Å²) in [5, 5.41) is 3.49. The Morgan fingerprint density at radius 2 is 1.62 bits per heavy atom. The zero-order chi connectivity index (χ0) is 12.1. The molecule has 1 N–H and O–H groups in total. The van der Waals surface area contributed by atoms with Crippen LogP contribution in [0, 0.1) is 24.7 Å². The van der Waals surface area contributed by atoms with Crippen LogP contribution in [-0.2, 0) is 0 Å². The summed E-state index contributed by atoms with van der Waals surface area (Å²) in [6.07, 6.45) is 1.83. The molecular weight excluding hydrogens is 198 g/mol. The van der Waals surface area contributed by atoms with Crippen LogP contribution in [0.25, 0.3) is 0 Å². The molecule has 1 saturated carbocycles. The van der Waals surface area contributed by atoms with E-state index in [1.165, 1.54) is 0 Å². The van der Waals surface area contributed by atoms with Crippen LogP contribution in [0.1, 0.15) is 39.1 Å². The fourth-order valence-electron chi connectivity index (χ4n) is 2.32. The number of nitrogens with one attached hydrogen (secondary N) is 1. The Hall–Kier alpha value is -1.12. The maximum atomic E-state index is 4.51. The van der Waals surface area contributed by atoms with Crippen molar-refractivity contribution in [2.45, 2.75) is 47.6 Å². The summed E-state index contributed by atoms with van der Waals surface area (Å²) in [4.78, 5) is 8.84. The zero-order valence-electron chi connectivity index (χ0n) is 11.0. The van der Waals surface area contributed by atoms with Gasteiger partial charge in [-0.3, -0.25) is 4.98 Å². The molecule has 1 heterocycles. The first-order valence-electron chi connectivity index (χ1n) is 5.83. The lowest BCUT2D eigenvalue weighted by Crippen LogP contribution is -2.12. The second-order valence-corrected chi connectivity index (χ2v) is 5.95. The summed E-state index contributed by atoms with van der Waals surface area (Å²) in [7, 11) is 0. The maximum Gasteiger partial charge on any atom is 0.145 e. The van der Waals surface area contributed by atoms with E-state index in [0.29, 0.717) is 16.9 Å². The molecule has 1 aliphatic rings. The van der Waals surface area contributed by atoms with Crippen LogP contribution in [0.15, 0.2) is 6.20 Å². The normalized spacial score (nSPS) is 21.9. The van der Waals surface area contributed by atoms with Crippen LogP contribution < -0.4 is 5.32 Å². The van der Waals surface area contributed by atoms with Gasteiger partial charge in [-0.1, -0.05) is 27.7 Å². The van der Waals surface area contributed by atoms with E-state index in [0.717, 1.165) is 17.2 Å². The number of aryl methyl sites for hydroxylation is 2. The first-order chi connectivity index (χ1) is 7.26. The van der Waals surface area contributed by atoms with Gasteiger partial charge in [-0.25, -0.2) is 4.98 Å². The minimum atomic E-state index is 0.327. The molecule has 0 bridgehead atoms. The third-order valence-electron chi connectivity index (χ3n) is 4.51. The summed E-state index contributed by atoms with van der Waals surface area (Å²) >= 11 is 0. The van der Waals surface area contributed by atoms with Gasteiger partial charge in [0.25, 0.3) is 0 Å². The van der Waals surface area contributed by atoms with Gasteiger partial charge in [0.1, 0.15) is 5.82 Å². The third-order valence-corrected chi connectivity index (χ3v) is 4.51. The van der Waals surface area contributed by atoms with Crippen molar-refractivity contribution < 1.29 is 0 Å². The predicted molar refractivity (Wildman–Crippen MR) is 66.5 cm³/mol. The van der Waals surface area contributed by atoms with Crippen LogP contribution in [0.2, 0.25) is 0 Å². The molecule has 0 aromatic carbocycles. The molecule has 0 atom stereocenters. The molecule has 0 saturated heterocycles. The second-order valence-electron chi connectivity index (χ2n) is 5.95. The molecule has 1 aromatic heterocycles. The monoisotopic (exact) mass is 219 g/mol. The molecule has 3 heteroatoms. The average Bonchev–Trinajstić information content (AvgIpc) is 2.54. The van der Waals surface area contributed by atoms with E-state index in [1.54, 1.807) is 0 Å². The van der Waals surface area contributed by atoms with Gasteiger partial charge in [0.2, 0.25) is 0 Å². The number of rotatable bonds is 2. The fraction of sp³-hybridized carbons (Fsp3) is 0.692. The van der Waals surface area contributed by atoms with E-state index in [4.69, 9.17) is 0 Å². The smallest absolute Gasteiger partial charge is 0.145 e. The molecule has 0 unspecified atom stereocenters. The highest BCUT2D eigenvalue weighted by Gasteiger charge is 2.65. The average molecular weight is 219 g/mol. The molecule has 0 aliphatic heterocycles. The summed E-state index contributed by atoms with van der Waals surface area (Å²) in [5.41, 5.74) is 2.65. The van der Waals surface area contributed by atoms with E-state index in [9.17, 15) is 0 Å². The topological polar surface area (TPSA) is 37.8 Å².